The monoisotopic (exact) mass is 432 g/mol. The fourth-order valence-electron chi connectivity index (χ4n) is 3.34. The number of hydrazone groups is 1. The number of non-ortho nitro benzene ring substituents is 1. The van der Waals surface area contributed by atoms with Crippen LogP contribution in [0, 0.1) is 17.0 Å². The van der Waals surface area contributed by atoms with Crippen molar-refractivity contribution >= 4 is 23.5 Å². The van der Waals surface area contributed by atoms with Gasteiger partial charge in [0.15, 0.2) is 6.61 Å². The summed E-state index contributed by atoms with van der Waals surface area (Å²) >= 11 is 0. The molecule has 9 nitrogen and oxygen atoms in total. The molecule has 0 bridgehead atoms. The number of hydrogen-bond acceptors (Lipinski definition) is 7. The van der Waals surface area contributed by atoms with E-state index >= 15 is 0 Å². The zero-order valence-electron chi connectivity index (χ0n) is 17.2. The van der Waals surface area contributed by atoms with Gasteiger partial charge in [-0.25, -0.2) is 5.01 Å². The van der Waals surface area contributed by atoms with Gasteiger partial charge in [-0.2, -0.15) is 5.10 Å². The third kappa shape index (κ3) is 4.72. The maximum atomic E-state index is 12.8. The molecule has 4 rings (SSSR count). The minimum Gasteiger partial charge on any atom is -0.467 e. The largest absolute Gasteiger partial charge is 0.467 e. The molecule has 0 N–H and O–H groups in total. The number of benzene rings is 2. The number of furan rings is 1. The Hall–Kier alpha value is -4.27. The van der Waals surface area contributed by atoms with Crippen LogP contribution >= 0.6 is 0 Å². The predicted molar refractivity (Wildman–Crippen MR) is 117 cm³/mol. The van der Waals surface area contributed by atoms with Gasteiger partial charge in [0.25, 0.3) is 11.6 Å². The Morgan fingerprint density at radius 3 is 2.81 bits per heavy atom. The number of rotatable bonds is 7. The summed E-state index contributed by atoms with van der Waals surface area (Å²) in [7, 11) is 0. The van der Waals surface area contributed by atoms with Gasteiger partial charge in [0, 0.05) is 24.1 Å². The van der Waals surface area contributed by atoms with Crippen molar-refractivity contribution in [3.63, 3.8) is 0 Å². The van der Waals surface area contributed by atoms with Crippen LogP contribution in [0.5, 0.6) is 0 Å². The highest BCUT2D eigenvalue weighted by Crippen LogP contribution is 2.33. The third-order valence-corrected chi connectivity index (χ3v) is 4.97. The molecular formula is C23H20N4O5. The van der Waals surface area contributed by atoms with Crippen LogP contribution < -0.4 is 0 Å². The molecule has 9 heteroatoms. The first-order chi connectivity index (χ1) is 15.5. The lowest BCUT2D eigenvalue weighted by atomic mass is 10.0. The highest BCUT2D eigenvalue weighted by atomic mass is 16.6. The fourth-order valence-corrected chi connectivity index (χ4v) is 3.34. The molecule has 0 saturated heterocycles. The topological polar surface area (TPSA) is 111 Å². The van der Waals surface area contributed by atoms with E-state index in [0.717, 1.165) is 16.8 Å². The molecule has 1 aromatic heterocycles. The molecule has 1 aliphatic rings. The molecule has 2 heterocycles. The Kier molecular flexibility index (Phi) is 6.07. The first-order valence-electron chi connectivity index (χ1n) is 9.91. The maximum Gasteiger partial charge on any atom is 0.284 e. The summed E-state index contributed by atoms with van der Waals surface area (Å²) in [5, 5.41) is 20.5. The summed E-state index contributed by atoms with van der Waals surface area (Å²) in [6.07, 6.45) is 3.39. The summed E-state index contributed by atoms with van der Waals surface area (Å²) in [5.74, 6) is 0.244. The minimum atomic E-state index is -0.493. The summed E-state index contributed by atoms with van der Waals surface area (Å²) in [5.41, 5.74) is 3.28. The van der Waals surface area contributed by atoms with E-state index in [4.69, 9.17) is 9.25 Å². The Morgan fingerprint density at radius 1 is 1.28 bits per heavy atom. The van der Waals surface area contributed by atoms with Crippen LogP contribution in [0.1, 0.15) is 34.9 Å². The number of nitrogens with zero attached hydrogens (tertiary/aromatic N) is 4. The van der Waals surface area contributed by atoms with E-state index in [0.29, 0.717) is 17.7 Å². The van der Waals surface area contributed by atoms with Gasteiger partial charge in [0.1, 0.15) is 11.8 Å². The first-order valence-corrected chi connectivity index (χ1v) is 9.91. The average molecular weight is 432 g/mol. The van der Waals surface area contributed by atoms with E-state index < -0.39 is 4.92 Å². The maximum absolute atomic E-state index is 12.8. The Balaban J connectivity index is 1.45. The summed E-state index contributed by atoms with van der Waals surface area (Å²) < 4.78 is 5.52. The molecule has 0 aliphatic carbocycles. The second-order valence-corrected chi connectivity index (χ2v) is 7.25. The Bertz CT molecular complexity index is 1170. The first kappa shape index (κ1) is 21.0. The average Bonchev–Trinajstić information content (AvgIpc) is 3.47. The van der Waals surface area contributed by atoms with E-state index in [1.807, 2.05) is 31.2 Å². The van der Waals surface area contributed by atoms with Crippen molar-refractivity contribution in [1.29, 1.82) is 0 Å². The number of oxime groups is 1. The summed E-state index contributed by atoms with van der Waals surface area (Å²) in [6, 6.07) is 17.1. The molecule has 32 heavy (non-hydrogen) atoms. The molecule has 1 atom stereocenters. The number of aryl methyl sites for hydroxylation is 1. The van der Waals surface area contributed by atoms with Gasteiger partial charge in [-0.05, 0) is 24.6 Å². The van der Waals surface area contributed by atoms with Crippen molar-refractivity contribution in [2.24, 2.45) is 10.3 Å². The molecule has 0 spiro atoms. The third-order valence-electron chi connectivity index (χ3n) is 4.97. The lowest BCUT2D eigenvalue weighted by Gasteiger charge is -2.19. The second-order valence-electron chi connectivity index (χ2n) is 7.25. The quantitative estimate of drug-likeness (QED) is 0.315. The van der Waals surface area contributed by atoms with Crippen molar-refractivity contribution in [1.82, 2.24) is 5.01 Å². The minimum absolute atomic E-state index is 0.0543. The molecule has 1 unspecified atom stereocenters. The van der Waals surface area contributed by atoms with Gasteiger partial charge in [0.2, 0.25) is 0 Å². The van der Waals surface area contributed by atoms with Crippen molar-refractivity contribution in [3.05, 3.63) is 99.5 Å². The van der Waals surface area contributed by atoms with Crippen molar-refractivity contribution in [2.75, 3.05) is 6.61 Å². The van der Waals surface area contributed by atoms with Crippen LogP contribution in [0.2, 0.25) is 0 Å². The second kappa shape index (κ2) is 9.25. The van der Waals surface area contributed by atoms with Crippen LogP contribution in [-0.4, -0.2) is 34.4 Å². The molecule has 162 valence electrons. The molecule has 0 radical (unpaired) electrons. The molecule has 1 amide bonds. The zero-order valence-corrected chi connectivity index (χ0v) is 17.2. The predicted octanol–water partition coefficient (Wildman–Crippen LogP) is 4.22. The van der Waals surface area contributed by atoms with Crippen LogP contribution in [-0.2, 0) is 9.63 Å². The van der Waals surface area contributed by atoms with Crippen molar-refractivity contribution in [2.45, 2.75) is 19.4 Å². The molecule has 1 aliphatic heterocycles. The van der Waals surface area contributed by atoms with Crippen molar-refractivity contribution in [3.8, 4) is 0 Å². The van der Waals surface area contributed by atoms with E-state index in [2.05, 4.69) is 10.3 Å². The molecule has 0 saturated carbocycles. The van der Waals surface area contributed by atoms with Crippen LogP contribution in [0.15, 0.2) is 81.6 Å². The van der Waals surface area contributed by atoms with Gasteiger partial charge in [-0.15, -0.1) is 0 Å². The van der Waals surface area contributed by atoms with Gasteiger partial charge >= 0.3 is 0 Å². The molecule has 2 aromatic carbocycles. The van der Waals surface area contributed by atoms with Gasteiger partial charge < -0.3 is 9.25 Å². The highest BCUT2D eigenvalue weighted by Gasteiger charge is 2.35. The lowest BCUT2D eigenvalue weighted by molar-refractivity contribution is -0.384. The van der Waals surface area contributed by atoms with Crippen LogP contribution in [0.3, 0.4) is 0 Å². The van der Waals surface area contributed by atoms with E-state index in [-0.39, 0.29) is 24.2 Å². The number of carbonyl (C=O) groups is 1. The van der Waals surface area contributed by atoms with E-state index in [9.17, 15) is 14.9 Å². The normalized spacial score (nSPS) is 15.7. The standard InChI is InChI=1S/C23H20N4O5/c1-16-7-9-18(10-8-16)20-13-21(22-6-3-11-31-22)26(25-20)23(28)15-32-24-14-17-4-2-5-19(12-17)27(29)30/h2-12,14,21H,13,15H2,1H3/b24-14+. The SMILES string of the molecule is Cc1ccc(C2=NN(C(=O)CO/N=C/c3cccc([N+](=O)[O-])c3)C(c3ccco3)C2)cc1. The van der Waals surface area contributed by atoms with Gasteiger partial charge in [-0.3, -0.25) is 14.9 Å². The fraction of sp³-hybridized carbons (Fsp3) is 0.174. The molecular weight excluding hydrogens is 412 g/mol. The summed E-state index contributed by atoms with van der Waals surface area (Å²) in [4.78, 5) is 28.3. The van der Waals surface area contributed by atoms with Crippen LogP contribution in [0.4, 0.5) is 5.69 Å². The highest BCUT2D eigenvalue weighted by molar-refractivity contribution is 6.03. The number of carbonyl (C=O) groups excluding carboxylic acids is 1. The molecule has 3 aromatic rings. The number of nitro benzene ring substituents is 1. The van der Waals surface area contributed by atoms with Crippen LogP contribution in [0.25, 0.3) is 0 Å². The number of hydrogen-bond donors (Lipinski definition) is 0. The Labute approximate surface area is 183 Å². The smallest absolute Gasteiger partial charge is 0.284 e. The van der Waals surface area contributed by atoms with Crippen molar-refractivity contribution < 1.29 is 19.0 Å². The molecule has 0 fully saturated rings. The summed E-state index contributed by atoms with van der Waals surface area (Å²) in [6.45, 7) is 1.67. The van der Waals surface area contributed by atoms with Gasteiger partial charge in [0.05, 0.1) is 23.1 Å². The Morgan fingerprint density at radius 2 is 2.09 bits per heavy atom. The number of amides is 1. The number of nitro groups is 1. The lowest BCUT2D eigenvalue weighted by Crippen LogP contribution is -2.29. The van der Waals surface area contributed by atoms with Gasteiger partial charge in [-0.1, -0.05) is 47.1 Å². The zero-order chi connectivity index (χ0) is 22.5. The van der Waals surface area contributed by atoms with E-state index in [1.165, 1.54) is 23.4 Å². The van der Waals surface area contributed by atoms with E-state index in [1.54, 1.807) is 30.5 Å².